The molecule has 0 bridgehead atoms. The zero-order valence-corrected chi connectivity index (χ0v) is 8.46. The van der Waals surface area contributed by atoms with Crippen LogP contribution in [0.25, 0.3) is 0 Å². The first-order chi connectivity index (χ1) is 6.74. The van der Waals surface area contributed by atoms with E-state index in [9.17, 15) is 13.6 Å². The van der Waals surface area contributed by atoms with Gasteiger partial charge in [0.05, 0.1) is 0 Å². The quantitative estimate of drug-likeness (QED) is 0.543. The smallest absolute Gasteiger partial charge is 0.120 e. The summed E-state index contributed by atoms with van der Waals surface area (Å²) >= 11 is -2.07. The summed E-state index contributed by atoms with van der Waals surface area (Å²) in [4.78, 5) is 10.2. The first-order valence-corrected chi connectivity index (χ1v) is 5.54. The standard InChI is InChI=1S/C10H12O3S/c11-7-3-6-9-4-1-2-5-10(9)8-14(12)13/h1-2,4-5,7H,3,6,8H2,(H,12,13)/p-1. The largest absolute Gasteiger partial charge is 0.772 e. The molecule has 0 aliphatic carbocycles. The van der Waals surface area contributed by atoms with Gasteiger partial charge in [0.25, 0.3) is 0 Å². The predicted octanol–water partition coefficient (Wildman–Crippen LogP) is 1.20. The van der Waals surface area contributed by atoms with Crippen molar-refractivity contribution in [2.24, 2.45) is 0 Å². The van der Waals surface area contributed by atoms with Crippen molar-refractivity contribution >= 4 is 17.4 Å². The Morgan fingerprint density at radius 2 is 1.93 bits per heavy atom. The molecule has 0 aliphatic heterocycles. The Hall–Kier alpha value is -1.00. The normalized spacial score (nSPS) is 12.4. The number of carbonyl (C=O) groups is 1. The number of rotatable bonds is 5. The van der Waals surface area contributed by atoms with Crippen LogP contribution in [-0.2, 0) is 28.0 Å². The fourth-order valence-electron chi connectivity index (χ4n) is 1.28. The molecule has 3 nitrogen and oxygen atoms in total. The monoisotopic (exact) mass is 211 g/mol. The van der Waals surface area contributed by atoms with E-state index in [0.29, 0.717) is 12.8 Å². The van der Waals surface area contributed by atoms with Crippen LogP contribution in [-0.4, -0.2) is 15.0 Å². The van der Waals surface area contributed by atoms with E-state index >= 15 is 0 Å². The molecule has 0 saturated carbocycles. The minimum absolute atomic E-state index is 0.0228. The van der Waals surface area contributed by atoms with Crippen molar-refractivity contribution in [3.63, 3.8) is 0 Å². The number of hydrogen-bond acceptors (Lipinski definition) is 3. The topological polar surface area (TPSA) is 57.2 Å². The maximum absolute atomic E-state index is 10.5. The minimum Gasteiger partial charge on any atom is -0.772 e. The molecule has 0 fully saturated rings. The molecule has 1 aromatic carbocycles. The summed E-state index contributed by atoms with van der Waals surface area (Å²) in [7, 11) is 0. The van der Waals surface area contributed by atoms with Crippen molar-refractivity contribution < 1.29 is 13.6 Å². The van der Waals surface area contributed by atoms with E-state index in [4.69, 9.17) is 0 Å². The van der Waals surface area contributed by atoms with E-state index in [1.807, 2.05) is 12.1 Å². The van der Waals surface area contributed by atoms with Crippen LogP contribution in [0.15, 0.2) is 24.3 Å². The summed E-state index contributed by atoms with van der Waals surface area (Å²) in [6.45, 7) is 0. The van der Waals surface area contributed by atoms with Crippen molar-refractivity contribution in [3.8, 4) is 0 Å². The molecule has 1 atom stereocenters. The van der Waals surface area contributed by atoms with E-state index in [1.165, 1.54) is 0 Å². The highest BCUT2D eigenvalue weighted by atomic mass is 32.2. The summed E-state index contributed by atoms with van der Waals surface area (Å²) < 4.78 is 21.1. The Kier molecular flexibility index (Phi) is 4.49. The first kappa shape index (κ1) is 11.1. The van der Waals surface area contributed by atoms with Gasteiger partial charge in [-0.15, -0.1) is 0 Å². The molecule has 0 spiro atoms. The summed E-state index contributed by atoms with van der Waals surface area (Å²) in [5.41, 5.74) is 1.71. The average Bonchev–Trinajstić information content (AvgIpc) is 2.16. The fraction of sp³-hybridized carbons (Fsp3) is 0.300. The number of benzene rings is 1. The lowest BCUT2D eigenvalue weighted by Gasteiger charge is -2.09. The Bertz CT molecular complexity index is 336. The van der Waals surface area contributed by atoms with E-state index in [2.05, 4.69) is 0 Å². The molecule has 0 heterocycles. The van der Waals surface area contributed by atoms with Crippen molar-refractivity contribution in [2.45, 2.75) is 18.6 Å². The van der Waals surface area contributed by atoms with Gasteiger partial charge in [-0.25, -0.2) is 0 Å². The molecule has 4 heteroatoms. The Labute approximate surface area is 85.4 Å². The number of carbonyl (C=O) groups excluding carboxylic acids is 1. The summed E-state index contributed by atoms with van der Waals surface area (Å²) in [5.74, 6) is 0.0228. The molecule has 0 radical (unpaired) electrons. The van der Waals surface area contributed by atoms with Crippen LogP contribution in [0, 0.1) is 0 Å². The molecule has 0 saturated heterocycles. The molecule has 0 amide bonds. The highest BCUT2D eigenvalue weighted by Gasteiger charge is 2.00. The summed E-state index contributed by atoms with van der Waals surface area (Å²) in [6.07, 6.45) is 1.88. The van der Waals surface area contributed by atoms with Crippen LogP contribution in [0.1, 0.15) is 17.5 Å². The second-order valence-corrected chi connectivity index (χ2v) is 3.82. The van der Waals surface area contributed by atoms with Crippen LogP contribution in [0.5, 0.6) is 0 Å². The number of aldehydes is 1. The van der Waals surface area contributed by atoms with Gasteiger partial charge in [-0.1, -0.05) is 35.3 Å². The molecular weight excluding hydrogens is 200 g/mol. The van der Waals surface area contributed by atoms with Gasteiger partial charge in [-0.2, -0.15) is 0 Å². The van der Waals surface area contributed by atoms with Crippen molar-refractivity contribution in [1.82, 2.24) is 0 Å². The van der Waals surface area contributed by atoms with E-state index < -0.39 is 11.1 Å². The van der Waals surface area contributed by atoms with E-state index in [1.54, 1.807) is 12.1 Å². The van der Waals surface area contributed by atoms with Gasteiger partial charge in [0.15, 0.2) is 0 Å². The predicted molar refractivity (Wildman–Crippen MR) is 53.5 cm³/mol. The SMILES string of the molecule is O=CCCc1ccccc1CS(=O)[O-]. The van der Waals surface area contributed by atoms with Crippen molar-refractivity contribution in [2.75, 3.05) is 0 Å². The van der Waals surface area contributed by atoms with Crippen LogP contribution in [0.3, 0.4) is 0 Å². The molecule has 0 aromatic heterocycles. The Morgan fingerprint density at radius 3 is 2.50 bits per heavy atom. The highest BCUT2D eigenvalue weighted by molar-refractivity contribution is 7.78. The zero-order chi connectivity index (χ0) is 10.4. The first-order valence-electron chi connectivity index (χ1n) is 4.30. The van der Waals surface area contributed by atoms with Gasteiger partial charge in [0, 0.05) is 12.2 Å². The molecule has 0 aliphatic rings. The highest BCUT2D eigenvalue weighted by Crippen LogP contribution is 2.12. The molecule has 1 unspecified atom stereocenters. The molecular formula is C10H11O3S-. The van der Waals surface area contributed by atoms with E-state index in [0.717, 1.165) is 17.4 Å². The lowest BCUT2D eigenvalue weighted by Crippen LogP contribution is -1.99. The fourth-order valence-corrected chi connectivity index (χ4v) is 1.82. The van der Waals surface area contributed by atoms with Crippen molar-refractivity contribution in [1.29, 1.82) is 0 Å². The van der Waals surface area contributed by atoms with Crippen LogP contribution >= 0.6 is 0 Å². The van der Waals surface area contributed by atoms with Gasteiger partial charge in [-0.3, -0.25) is 4.21 Å². The third kappa shape index (κ3) is 3.40. The second-order valence-electron chi connectivity index (χ2n) is 2.92. The molecule has 1 aromatic rings. The molecule has 1 rings (SSSR count). The minimum atomic E-state index is -2.07. The average molecular weight is 211 g/mol. The maximum atomic E-state index is 10.5. The van der Waals surface area contributed by atoms with Crippen molar-refractivity contribution in [3.05, 3.63) is 35.4 Å². The Balaban J connectivity index is 2.79. The van der Waals surface area contributed by atoms with Gasteiger partial charge >= 0.3 is 0 Å². The maximum Gasteiger partial charge on any atom is 0.120 e. The molecule has 76 valence electrons. The van der Waals surface area contributed by atoms with Crippen LogP contribution in [0.2, 0.25) is 0 Å². The van der Waals surface area contributed by atoms with Crippen LogP contribution in [0.4, 0.5) is 0 Å². The number of aryl methyl sites for hydroxylation is 1. The van der Waals surface area contributed by atoms with Gasteiger partial charge < -0.3 is 9.35 Å². The zero-order valence-electron chi connectivity index (χ0n) is 7.64. The second kappa shape index (κ2) is 5.67. The summed E-state index contributed by atoms with van der Waals surface area (Å²) in [6, 6.07) is 7.27. The molecule has 0 N–H and O–H groups in total. The third-order valence-electron chi connectivity index (χ3n) is 1.92. The molecule has 14 heavy (non-hydrogen) atoms. The van der Waals surface area contributed by atoms with Gasteiger partial charge in [0.1, 0.15) is 6.29 Å². The van der Waals surface area contributed by atoms with Gasteiger partial charge in [0.2, 0.25) is 0 Å². The summed E-state index contributed by atoms with van der Waals surface area (Å²) in [5, 5.41) is 0. The Morgan fingerprint density at radius 1 is 1.29 bits per heavy atom. The third-order valence-corrected chi connectivity index (χ3v) is 2.47. The van der Waals surface area contributed by atoms with Gasteiger partial charge in [-0.05, 0) is 17.5 Å². The number of hydrogen-bond donors (Lipinski definition) is 0. The lowest BCUT2D eigenvalue weighted by atomic mass is 10.0. The van der Waals surface area contributed by atoms with Crippen LogP contribution < -0.4 is 0 Å². The van der Waals surface area contributed by atoms with E-state index in [-0.39, 0.29) is 5.75 Å². The lowest BCUT2D eigenvalue weighted by molar-refractivity contribution is -0.107.